The molecule has 30 heavy (non-hydrogen) atoms. The standard InChI is InChI=1S/C24H28N4OS/c1-19-25-22(18-30-19)17-27-14-12-21(13-15-27)24(29)26-28(23-10-6-3-7-11-23)16-20-8-4-2-5-9-20/h2-11,18,21H,12-17H2,1H3,(H,26,29). The number of benzene rings is 2. The molecule has 0 aliphatic carbocycles. The summed E-state index contributed by atoms with van der Waals surface area (Å²) >= 11 is 1.70. The summed E-state index contributed by atoms with van der Waals surface area (Å²) in [5.74, 6) is 0.152. The second-order valence-electron chi connectivity index (χ2n) is 7.79. The molecule has 2 heterocycles. The van der Waals surface area contributed by atoms with Crippen molar-refractivity contribution in [3.63, 3.8) is 0 Å². The number of carbonyl (C=O) groups excluding carboxylic acids is 1. The molecule has 1 aliphatic rings. The highest BCUT2D eigenvalue weighted by Gasteiger charge is 2.26. The van der Waals surface area contributed by atoms with Gasteiger partial charge in [-0.3, -0.25) is 20.1 Å². The first-order valence-corrected chi connectivity index (χ1v) is 11.4. The molecule has 0 unspecified atom stereocenters. The number of amides is 1. The molecule has 1 aromatic heterocycles. The number of aromatic nitrogens is 1. The molecule has 3 aromatic rings. The van der Waals surface area contributed by atoms with Gasteiger partial charge >= 0.3 is 0 Å². The fourth-order valence-electron chi connectivity index (χ4n) is 3.86. The molecule has 0 saturated carbocycles. The van der Waals surface area contributed by atoms with Crippen LogP contribution in [0.1, 0.15) is 29.1 Å². The van der Waals surface area contributed by atoms with E-state index in [4.69, 9.17) is 0 Å². The van der Waals surface area contributed by atoms with E-state index in [0.29, 0.717) is 6.54 Å². The number of para-hydroxylation sites is 1. The molecule has 1 aliphatic heterocycles. The third kappa shape index (κ3) is 5.46. The second-order valence-corrected chi connectivity index (χ2v) is 8.85. The summed E-state index contributed by atoms with van der Waals surface area (Å²) in [6, 6.07) is 20.3. The van der Waals surface area contributed by atoms with Crippen LogP contribution in [0.25, 0.3) is 0 Å². The largest absolute Gasteiger partial charge is 0.297 e. The Labute approximate surface area is 182 Å². The molecule has 4 rings (SSSR count). The van der Waals surface area contributed by atoms with E-state index in [0.717, 1.165) is 54.4 Å². The van der Waals surface area contributed by atoms with Gasteiger partial charge in [0.05, 0.1) is 22.9 Å². The van der Waals surface area contributed by atoms with Gasteiger partial charge in [0.15, 0.2) is 0 Å². The van der Waals surface area contributed by atoms with Crippen molar-refractivity contribution in [2.75, 3.05) is 18.1 Å². The highest BCUT2D eigenvalue weighted by molar-refractivity contribution is 7.09. The van der Waals surface area contributed by atoms with Crippen molar-refractivity contribution in [3.8, 4) is 0 Å². The van der Waals surface area contributed by atoms with Crippen LogP contribution in [0.4, 0.5) is 5.69 Å². The summed E-state index contributed by atoms with van der Waals surface area (Å²) in [6.07, 6.45) is 1.76. The monoisotopic (exact) mass is 420 g/mol. The SMILES string of the molecule is Cc1nc(CN2CCC(C(=O)NN(Cc3ccccc3)c3ccccc3)CC2)cs1. The summed E-state index contributed by atoms with van der Waals surface area (Å²) in [4.78, 5) is 20.0. The minimum absolute atomic E-state index is 0.0420. The van der Waals surface area contributed by atoms with Crippen LogP contribution in [0.2, 0.25) is 0 Å². The number of hydrogen-bond donors (Lipinski definition) is 1. The minimum atomic E-state index is 0.0420. The molecule has 2 aromatic carbocycles. The average Bonchev–Trinajstić information content (AvgIpc) is 3.19. The van der Waals surface area contributed by atoms with E-state index < -0.39 is 0 Å². The van der Waals surface area contributed by atoms with Gasteiger partial charge in [-0.2, -0.15) is 0 Å². The first kappa shape index (κ1) is 20.6. The Morgan fingerprint density at radius 1 is 1.10 bits per heavy atom. The molecule has 0 radical (unpaired) electrons. The lowest BCUT2D eigenvalue weighted by molar-refractivity contribution is -0.126. The molecule has 5 nitrogen and oxygen atoms in total. The quantitative estimate of drug-likeness (QED) is 0.576. The van der Waals surface area contributed by atoms with Crippen LogP contribution < -0.4 is 10.4 Å². The molecule has 6 heteroatoms. The Morgan fingerprint density at radius 3 is 2.40 bits per heavy atom. The van der Waals surface area contributed by atoms with Crippen molar-refractivity contribution in [1.29, 1.82) is 0 Å². The average molecular weight is 421 g/mol. The molecule has 1 amide bonds. The number of thiazole rings is 1. The van der Waals surface area contributed by atoms with Crippen molar-refractivity contribution in [1.82, 2.24) is 15.3 Å². The van der Waals surface area contributed by atoms with Gasteiger partial charge in [-0.25, -0.2) is 4.98 Å². The van der Waals surface area contributed by atoms with Gasteiger partial charge in [0, 0.05) is 17.8 Å². The van der Waals surface area contributed by atoms with Crippen molar-refractivity contribution in [3.05, 3.63) is 82.3 Å². The van der Waals surface area contributed by atoms with Crippen molar-refractivity contribution < 1.29 is 4.79 Å². The first-order chi connectivity index (χ1) is 14.7. The number of hydrazine groups is 1. The molecule has 0 atom stereocenters. The molecule has 156 valence electrons. The third-order valence-corrected chi connectivity index (χ3v) is 6.33. The number of nitrogens with one attached hydrogen (secondary N) is 1. The van der Waals surface area contributed by atoms with Crippen LogP contribution in [0.3, 0.4) is 0 Å². The number of likely N-dealkylation sites (tertiary alicyclic amines) is 1. The van der Waals surface area contributed by atoms with Crippen molar-refractivity contribution in [2.24, 2.45) is 5.92 Å². The third-order valence-electron chi connectivity index (χ3n) is 5.51. The van der Waals surface area contributed by atoms with Gasteiger partial charge < -0.3 is 0 Å². The lowest BCUT2D eigenvalue weighted by Gasteiger charge is -2.33. The van der Waals surface area contributed by atoms with E-state index in [9.17, 15) is 4.79 Å². The number of nitrogens with zero attached hydrogens (tertiary/aromatic N) is 3. The number of hydrogen-bond acceptors (Lipinski definition) is 5. The number of aryl methyl sites for hydroxylation is 1. The van der Waals surface area contributed by atoms with Crippen molar-refractivity contribution in [2.45, 2.75) is 32.9 Å². The number of rotatable bonds is 7. The summed E-state index contributed by atoms with van der Waals surface area (Å²) in [5.41, 5.74) is 6.48. The first-order valence-electron chi connectivity index (χ1n) is 10.5. The van der Waals surface area contributed by atoms with Crippen molar-refractivity contribution >= 4 is 22.9 Å². The Kier molecular flexibility index (Phi) is 6.77. The number of piperidine rings is 1. The maximum Gasteiger partial charge on any atom is 0.241 e. The molecule has 1 fully saturated rings. The van der Waals surface area contributed by atoms with E-state index >= 15 is 0 Å². The van der Waals surface area contributed by atoms with Gasteiger partial charge in [0.1, 0.15) is 0 Å². The normalized spacial score (nSPS) is 15.1. The van der Waals surface area contributed by atoms with Crippen LogP contribution in [0.15, 0.2) is 66.0 Å². The summed E-state index contributed by atoms with van der Waals surface area (Å²) < 4.78 is 0. The molecule has 0 spiro atoms. The maximum atomic E-state index is 13.1. The number of carbonyl (C=O) groups is 1. The second kappa shape index (κ2) is 9.87. The molecular formula is C24H28N4OS. The Morgan fingerprint density at radius 2 is 1.77 bits per heavy atom. The summed E-state index contributed by atoms with van der Waals surface area (Å²) in [7, 11) is 0. The van der Waals surface area contributed by atoms with Gasteiger partial charge in [0.2, 0.25) is 5.91 Å². The maximum absolute atomic E-state index is 13.1. The topological polar surface area (TPSA) is 48.5 Å². The zero-order valence-electron chi connectivity index (χ0n) is 17.3. The zero-order valence-corrected chi connectivity index (χ0v) is 18.1. The molecule has 0 bridgehead atoms. The fraction of sp³-hybridized carbons (Fsp3) is 0.333. The van der Waals surface area contributed by atoms with E-state index in [-0.39, 0.29) is 11.8 Å². The predicted octanol–water partition coefficient (Wildman–Crippen LogP) is 4.40. The van der Waals surface area contributed by atoms with Gasteiger partial charge in [-0.15, -0.1) is 11.3 Å². The predicted molar refractivity (Wildman–Crippen MR) is 122 cm³/mol. The lowest BCUT2D eigenvalue weighted by Crippen LogP contribution is -2.47. The highest BCUT2D eigenvalue weighted by Crippen LogP contribution is 2.21. The van der Waals surface area contributed by atoms with Crippen LogP contribution in [-0.4, -0.2) is 28.9 Å². The van der Waals surface area contributed by atoms with E-state index in [1.165, 1.54) is 0 Å². The number of anilines is 1. The van der Waals surface area contributed by atoms with Crippen LogP contribution in [0, 0.1) is 12.8 Å². The van der Waals surface area contributed by atoms with Crippen LogP contribution in [0.5, 0.6) is 0 Å². The minimum Gasteiger partial charge on any atom is -0.297 e. The van der Waals surface area contributed by atoms with E-state index in [1.54, 1.807) is 11.3 Å². The highest BCUT2D eigenvalue weighted by atomic mass is 32.1. The Hall–Kier alpha value is -2.70. The molecule has 1 saturated heterocycles. The smallest absolute Gasteiger partial charge is 0.241 e. The van der Waals surface area contributed by atoms with Gasteiger partial charge in [-0.1, -0.05) is 48.5 Å². The lowest BCUT2D eigenvalue weighted by atomic mass is 9.96. The van der Waals surface area contributed by atoms with Gasteiger partial charge in [-0.05, 0) is 50.6 Å². The summed E-state index contributed by atoms with van der Waals surface area (Å²) in [5, 5.41) is 5.20. The Balaban J connectivity index is 1.35. The van der Waals surface area contributed by atoms with E-state index in [1.807, 2.05) is 60.5 Å². The molecular weight excluding hydrogens is 392 g/mol. The summed E-state index contributed by atoms with van der Waals surface area (Å²) in [6.45, 7) is 5.41. The molecule has 1 N–H and O–H groups in total. The Bertz CT molecular complexity index is 936. The van der Waals surface area contributed by atoms with E-state index in [2.05, 4.69) is 32.8 Å². The zero-order chi connectivity index (χ0) is 20.8. The van der Waals surface area contributed by atoms with Gasteiger partial charge in [0.25, 0.3) is 0 Å². The fourth-order valence-corrected chi connectivity index (χ4v) is 4.46. The van der Waals surface area contributed by atoms with Crippen LogP contribution in [-0.2, 0) is 17.9 Å². The van der Waals surface area contributed by atoms with Crippen LogP contribution >= 0.6 is 11.3 Å².